The normalized spacial score (nSPS) is 13.2. The van der Waals surface area contributed by atoms with E-state index in [1.54, 1.807) is 0 Å². The second-order valence-electron chi connectivity index (χ2n) is 9.74. The Morgan fingerprint density at radius 3 is 2.33 bits per heavy atom. The van der Waals surface area contributed by atoms with Gasteiger partial charge >= 0.3 is 11.4 Å². The van der Waals surface area contributed by atoms with E-state index in [-0.39, 0.29) is 12.5 Å². The Hall–Kier alpha value is -4.53. The van der Waals surface area contributed by atoms with Gasteiger partial charge in [-0.05, 0) is 84.0 Å². The summed E-state index contributed by atoms with van der Waals surface area (Å²) in [4.78, 5) is 38.5. The SMILES string of the molecule is Cc1cc(OCCN2CCCC2=O)cc(C)c1-c1cccc(COc2ccc(Cn3oc(=O)[nH]c3=O)cc2)c1. The van der Waals surface area contributed by atoms with Crippen LogP contribution in [0.3, 0.4) is 0 Å². The molecule has 9 nitrogen and oxygen atoms in total. The van der Waals surface area contributed by atoms with E-state index in [0.29, 0.717) is 31.9 Å². The van der Waals surface area contributed by atoms with Gasteiger partial charge in [-0.3, -0.25) is 4.79 Å². The topological polar surface area (TPSA) is 107 Å². The van der Waals surface area contributed by atoms with E-state index in [1.807, 2.05) is 53.4 Å². The smallest absolute Gasteiger partial charge is 0.440 e. The number of likely N-dealkylation sites (tertiary alicyclic amines) is 1. The van der Waals surface area contributed by atoms with Crippen molar-refractivity contribution in [1.29, 1.82) is 0 Å². The Morgan fingerprint density at radius 2 is 1.67 bits per heavy atom. The zero-order valence-corrected chi connectivity index (χ0v) is 22.1. The molecule has 1 N–H and O–H groups in total. The van der Waals surface area contributed by atoms with Gasteiger partial charge in [-0.15, -0.1) is 4.74 Å². The van der Waals surface area contributed by atoms with Crippen LogP contribution in [-0.4, -0.2) is 40.2 Å². The molecule has 1 fully saturated rings. The molecular formula is C30H31N3O6. The third-order valence-electron chi connectivity index (χ3n) is 6.81. The van der Waals surface area contributed by atoms with Gasteiger partial charge in [0.1, 0.15) is 24.7 Å². The predicted molar refractivity (Wildman–Crippen MR) is 146 cm³/mol. The van der Waals surface area contributed by atoms with Crippen LogP contribution >= 0.6 is 0 Å². The number of benzene rings is 3. The molecule has 1 aromatic heterocycles. The Labute approximate surface area is 225 Å². The molecule has 0 saturated carbocycles. The zero-order chi connectivity index (χ0) is 27.4. The molecule has 5 rings (SSSR count). The third kappa shape index (κ3) is 6.31. The van der Waals surface area contributed by atoms with E-state index in [0.717, 1.165) is 56.8 Å². The van der Waals surface area contributed by atoms with Crippen LogP contribution in [0.15, 0.2) is 74.8 Å². The molecule has 0 aliphatic carbocycles. The summed E-state index contributed by atoms with van der Waals surface area (Å²) in [5.41, 5.74) is 5.76. The summed E-state index contributed by atoms with van der Waals surface area (Å²) in [7, 11) is 0. The van der Waals surface area contributed by atoms with Gasteiger partial charge in [0.05, 0.1) is 13.1 Å². The van der Waals surface area contributed by atoms with Crippen molar-refractivity contribution in [3.05, 3.63) is 104 Å². The highest BCUT2D eigenvalue weighted by Gasteiger charge is 2.19. The number of H-pyrrole nitrogens is 1. The van der Waals surface area contributed by atoms with Gasteiger partial charge in [0.15, 0.2) is 0 Å². The van der Waals surface area contributed by atoms with Crippen molar-refractivity contribution in [1.82, 2.24) is 14.6 Å². The number of hydrogen-bond acceptors (Lipinski definition) is 6. The molecule has 0 spiro atoms. The second kappa shape index (κ2) is 11.5. The molecule has 39 heavy (non-hydrogen) atoms. The van der Waals surface area contributed by atoms with Gasteiger partial charge in [0.25, 0.3) is 0 Å². The fraction of sp³-hybridized carbons (Fsp3) is 0.300. The average Bonchev–Trinajstić information content (AvgIpc) is 3.46. The molecule has 4 aromatic rings. The second-order valence-corrected chi connectivity index (χ2v) is 9.74. The quantitative estimate of drug-likeness (QED) is 0.332. The average molecular weight is 530 g/mol. The number of aryl methyl sites for hydroxylation is 2. The minimum atomic E-state index is -0.775. The van der Waals surface area contributed by atoms with Crippen LogP contribution in [-0.2, 0) is 17.9 Å². The maximum absolute atomic E-state index is 11.8. The number of nitrogens with zero attached hydrogens (tertiary/aromatic N) is 2. The Kier molecular flexibility index (Phi) is 7.67. The van der Waals surface area contributed by atoms with Crippen LogP contribution in [0.25, 0.3) is 11.1 Å². The lowest BCUT2D eigenvalue weighted by Gasteiger charge is -2.18. The van der Waals surface area contributed by atoms with Gasteiger partial charge < -0.3 is 18.9 Å². The number of aromatic nitrogens is 2. The molecule has 1 aliphatic rings. The zero-order valence-electron chi connectivity index (χ0n) is 22.1. The Balaban J connectivity index is 1.20. The number of nitrogens with one attached hydrogen (secondary N) is 1. The van der Waals surface area contributed by atoms with Gasteiger partial charge in [-0.2, -0.15) is 0 Å². The minimum Gasteiger partial charge on any atom is -0.492 e. The first-order valence-electron chi connectivity index (χ1n) is 13.0. The minimum absolute atomic E-state index is 0.153. The fourth-order valence-electron chi connectivity index (χ4n) is 4.93. The number of carbonyl (C=O) groups is 1. The highest BCUT2D eigenvalue weighted by atomic mass is 16.5. The van der Waals surface area contributed by atoms with Crippen molar-refractivity contribution < 1.29 is 18.8 Å². The molecule has 9 heteroatoms. The largest absolute Gasteiger partial charge is 0.492 e. The number of carbonyl (C=O) groups excluding carboxylic acids is 1. The van der Waals surface area contributed by atoms with E-state index in [1.165, 1.54) is 0 Å². The van der Waals surface area contributed by atoms with Gasteiger partial charge in [0, 0.05) is 13.0 Å². The van der Waals surface area contributed by atoms with Crippen molar-refractivity contribution in [2.75, 3.05) is 19.7 Å². The highest BCUT2D eigenvalue weighted by molar-refractivity contribution is 5.78. The molecule has 1 amide bonds. The lowest BCUT2D eigenvalue weighted by molar-refractivity contribution is -0.128. The van der Waals surface area contributed by atoms with Gasteiger partial charge in [-0.25, -0.2) is 14.6 Å². The van der Waals surface area contributed by atoms with Crippen LogP contribution in [0.5, 0.6) is 11.5 Å². The Bertz CT molecular complexity index is 1560. The van der Waals surface area contributed by atoms with E-state index >= 15 is 0 Å². The summed E-state index contributed by atoms with van der Waals surface area (Å²) in [6.07, 6.45) is 1.57. The number of aromatic amines is 1. The predicted octanol–water partition coefficient (Wildman–Crippen LogP) is 4.04. The number of rotatable bonds is 10. The van der Waals surface area contributed by atoms with Crippen molar-refractivity contribution in [3.8, 4) is 22.6 Å². The van der Waals surface area contributed by atoms with E-state index in [4.69, 9.17) is 14.0 Å². The standard InChI is InChI=1S/C30H31N3O6/c1-20-15-26(37-14-13-32-12-4-7-27(32)34)16-21(2)28(20)24-6-3-5-23(17-24)19-38-25-10-8-22(9-11-25)18-33-29(35)31-30(36)39-33/h3,5-6,8-11,15-17H,4,7,12-14,18-19H2,1-2H3,(H,31,35,36). The summed E-state index contributed by atoms with van der Waals surface area (Å²) in [6.45, 7) is 6.64. The molecule has 0 atom stereocenters. The maximum atomic E-state index is 11.8. The van der Waals surface area contributed by atoms with Crippen molar-refractivity contribution in [2.24, 2.45) is 0 Å². The lowest BCUT2D eigenvalue weighted by Crippen LogP contribution is -2.29. The van der Waals surface area contributed by atoms with Crippen LogP contribution in [0.1, 0.15) is 35.1 Å². The van der Waals surface area contributed by atoms with Crippen LogP contribution in [0, 0.1) is 13.8 Å². The summed E-state index contributed by atoms with van der Waals surface area (Å²) in [6, 6.07) is 19.7. The summed E-state index contributed by atoms with van der Waals surface area (Å²) >= 11 is 0. The van der Waals surface area contributed by atoms with Crippen LogP contribution in [0.4, 0.5) is 0 Å². The van der Waals surface area contributed by atoms with E-state index in [2.05, 4.69) is 31.0 Å². The molecule has 202 valence electrons. The van der Waals surface area contributed by atoms with Crippen molar-refractivity contribution in [2.45, 2.75) is 39.8 Å². The highest BCUT2D eigenvalue weighted by Crippen LogP contribution is 2.32. The van der Waals surface area contributed by atoms with E-state index in [9.17, 15) is 14.4 Å². The maximum Gasteiger partial charge on any atom is 0.440 e. The lowest BCUT2D eigenvalue weighted by atomic mass is 9.94. The molecule has 0 unspecified atom stereocenters. The molecule has 1 aliphatic heterocycles. The van der Waals surface area contributed by atoms with Crippen LogP contribution in [0.2, 0.25) is 0 Å². The Morgan fingerprint density at radius 1 is 0.897 bits per heavy atom. The third-order valence-corrected chi connectivity index (χ3v) is 6.81. The van der Waals surface area contributed by atoms with Crippen molar-refractivity contribution >= 4 is 5.91 Å². The number of ether oxygens (including phenoxy) is 2. The first kappa shape index (κ1) is 26.1. The molecule has 1 saturated heterocycles. The summed E-state index contributed by atoms with van der Waals surface area (Å²) < 4.78 is 17.8. The van der Waals surface area contributed by atoms with Gasteiger partial charge in [0.2, 0.25) is 5.91 Å². The summed E-state index contributed by atoms with van der Waals surface area (Å²) in [5.74, 6) is 0.941. The molecule has 3 aromatic carbocycles. The first-order valence-corrected chi connectivity index (χ1v) is 13.0. The number of hydrogen-bond donors (Lipinski definition) is 1. The van der Waals surface area contributed by atoms with Crippen LogP contribution < -0.4 is 20.9 Å². The molecule has 2 heterocycles. The first-order chi connectivity index (χ1) is 18.9. The van der Waals surface area contributed by atoms with Crippen molar-refractivity contribution in [3.63, 3.8) is 0 Å². The number of amides is 1. The molecule has 0 radical (unpaired) electrons. The fourth-order valence-corrected chi connectivity index (χ4v) is 4.93. The molecular weight excluding hydrogens is 498 g/mol. The molecule has 0 bridgehead atoms. The summed E-state index contributed by atoms with van der Waals surface area (Å²) in [5, 5.41) is 0. The monoisotopic (exact) mass is 529 g/mol. The van der Waals surface area contributed by atoms with Gasteiger partial charge in [-0.1, -0.05) is 30.3 Å². The van der Waals surface area contributed by atoms with E-state index < -0.39 is 11.4 Å².